The average Bonchev–Trinajstić information content (AvgIpc) is 3.07. The summed E-state index contributed by atoms with van der Waals surface area (Å²) in [7, 11) is 0. The Morgan fingerprint density at radius 3 is 2.50 bits per heavy atom. The van der Waals surface area contributed by atoms with Gasteiger partial charge in [-0.15, -0.1) is 0 Å². The molecule has 1 aliphatic heterocycles. The summed E-state index contributed by atoms with van der Waals surface area (Å²) in [6, 6.07) is 16.4. The fourth-order valence-electron chi connectivity index (χ4n) is 4.52. The van der Waals surface area contributed by atoms with E-state index in [1.54, 1.807) is 6.07 Å². The van der Waals surface area contributed by atoms with Gasteiger partial charge < -0.3 is 9.64 Å². The number of nitrogens with zero attached hydrogens (tertiary/aromatic N) is 4. The molecular formula is C29H36ClN5O2S. The van der Waals surface area contributed by atoms with Gasteiger partial charge in [0, 0.05) is 49.2 Å². The molecule has 7 nitrogen and oxygen atoms in total. The van der Waals surface area contributed by atoms with E-state index in [1.807, 2.05) is 31.7 Å². The van der Waals surface area contributed by atoms with Crippen molar-refractivity contribution < 1.29 is 9.53 Å². The van der Waals surface area contributed by atoms with E-state index in [0.29, 0.717) is 17.6 Å². The Balaban J connectivity index is 1.37. The first-order chi connectivity index (χ1) is 18.1. The van der Waals surface area contributed by atoms with Crippen LogP contribution in [0, 0.1) is 13.8 Å². The standard InChI is InChI=1S/C29H36ClN5O2S/c1-20-9-6-10-21(2)26(20)24-18-25(30)32-27(31-24)33-38-23-12-7-11-22(17-23)19-34-13-8-14-35(16-15-34)28(36)37-29(3,4)5/h6-7,9-12,17-18H,8,13-16,19H2,1-5H3,(H,31,32,33). The number of nitrogens with one attached hydrogen (secondary N) is 1. The zero-order valence-electron chi connectivity index (χ0n) is 22.8. The van der Waals surface area contributed by atoms with Crippen molar-refractivity contribution >= 4 is 35.6 Å². The molecule has 0 radical (unpaired) electrons. The van der Waals surface area contributed by atoms with Gasteiger partial charge in [-0.1, -0.05) is 41.9 Å². The number of rotatable bonds is 6. The van der Waals surface area contributed by atoms with E-state index in [2.05, 4.69) is 64.9 Å². The Hall–Kier alpha value is -2.81. The smallest absolute Gasteiger partial charge is 0.410 e. The van der Waals surface area contributed by atoms with Crippen LogP contribution in [0.3, 0.4) is 0 Å². The molecule has 0 saturated carbocycles. The summed E-state index contributed by atoms with van der Waals surface area (Å²) < 4.78 is 8.82. The zero-order chi connectivity index (χ0) is 27.3. The first kappa shape index (κ1) is 28.2. The topological polar surface area (TPSA) is 70.6 Å². The minimum Gasteiger partial charge on any atom is -0.444 e. The van der Waals surface area contributed by atoms with E-state index < -0.39 is 5.60 Å². The summed E-state index contributed by atoms with van der Waals surface area (Å²) in [5.41, 5.74) is 4.91. The molecule has 9 heteroatoms. The van der Waals surface area contributed by atoms with Crippen molar-refractivity contribution in [1.82, 2.24) is 19.8 Å². The van der Waals surface area contributed by atoms with Crippen LogP contribution >= 0.6 is 23.5 Å². The van der Waals surface area contributed by atoms with Gasteiger partial charge in [0.05, 0.1) is 5.69 Å². The van der Waals surface area contributed by atoms with E-state index in [0.717, 1.165) is 59.9 Å². The molecule has 2 aromatic carbocycles. The molecule has 0 atom stereocenters. The highest BCUT2D eigenvalue weighted by Gasteiger charge is 2.24. The summed E-state index contributed by atoms with van der Waals surface area (Å²) in [5.74, 6) is 0.473. The normalized spacial score (nSPS) is 14.7. The van der Waals surface area contributed by atoms with E-state index in [4.69, 9.17) is 21.3 Å². The quantitative estimate of drug-likeness (QED) is 0.261. The molecule has 1 N–H and O–H groups in total. The number of hydrogen-bond donors (Lipinski definition) is 1. The molecule has 0 unspecified atom stereocenters. The van der Waals surface area contributed by atoms with Crippen molar-refractivity contribution in [2.45, 2.75) is 58.1 Å². The number of anilines is 1. The molecule has 3 aromatic rings. The third-order valence-electron chi connectivity index (χ3n) is 6.24. The van der Waals surface area contributed by atoms with Crippen LogP contribution in [-0.2, 0) is 11.3 Å². The summed E-state index contributed by atoms with van der Waals surface area (Å²) in [6.07, 6.45) is 0.692. The van der Waals surface area contributed by atoms with E-state index in [1.165, 1.54) is 17.5 Å². The summed E-state index contributed by atoms with van der Waals surface area (Å²) in [5, 5.41) is 0.399. The molecule has 38 heavy (non-hydrogen) atoms. The van der Waals surface area contributed by atoms with Gasteiger partial charge in [0.15, 0.2) is 0 Å². The van der Waals surface area contributed by atoms with Crippen molar-refractivity contribution in [3.8, 4) is 11.3 Å². The lowest BCUT2D eigenvalue weighted by molar-refractivity contribution is 0.0257. The van der Waals surface area contributed by atoms with E-state index >= 15 is 0 Å². The molecule has 0 bridgehead atoms. The van der Waals surface area contributed by atoms with Gasteiger partial charge in [0.1, 0.15) is 10.8 Å². The lowest BCUT2D eigenvalue weighted by Gasteiger charge is -2.26. The predicted molar refractivity (Wildman–Crippen MR) is 156 cm³/mol. The minimum atomic E-state index is -0.480. The third-order valence-corrected chi connectivity index (χ3v) is 7.21. The van der Waals surface area contributed by atoms with Crippen LogP contribution in [0.25, 0.3) is 11.3 Å². The first-order valence-electron chi connectivity index (χ1n) is 12.9. The Morgan fingerprint density at radius 2 is 1.76 bits per heavy atom. The lowest BCUT2D eigenvalue weighted by Crippen LogP contribution is -2.39. The lowest BCUT2D eigenvalue weighted by atomic mass is 10.00. The number of carbonyl (C=O) groups excluding carboxylic acids is 1. The molecule has 4 rings (SSSR count). The van der Waals surface area contributed by atoms with Crippen LogP contribution in [0.15, 0.2) is 53.4 Å². The Bertz CT molecular complexity index is 1260. The maximum absolute atomic E-state index is 12.5. The van der Waals surface area contributed by atoms with Crippen molar-refractivity contribution in [3.05, 3.63) is 70.4 Å². The number of carbonyl (C=O) groups is 1. The van der Waals surface area contributed by atoms with Crippen molar-refractivity contribution in [2.75, 3.05) is 30.9 Å². The fraction of sp³-hybridized carbons (Fsp3) is 0.414. The first-order valence-corrected chi connectivity index (χ1v) is 14.1. The van der Waals surface area contributed by atoms with Crippen LogP contribution in [0.4, 0.5) is 10.7 Å². The van der Waals surface area contributed by atoms with E-state index in [-0.39, 0.29) is 6.09 Å². The molecule has 0 aliphatic carbocycles. The highest BCUT2D eigenvalue weighted by atomic mass is 35.5. The SMILES string of the molecule is Cc1cccc(C)c1-c1cc(Cl)nc(NSc2cccc(CN3CCCN(C(=O)OC(C)(C)C)CC3)c2)n1. The summed E-state index contributed by atoms with van der Waals surface area (Å²) >= 11 is 7.82. The number of benzene rings is 2. The largest absolute Gasteiger partial charge is 0.444 e. The average molecular weight is 554 g/mol. The number of halogens is 1. The molecule has 1 amide bonds. The molecule has 2 heterocycles. The second-order valence-corrected chi connectivity index (χ2v) is 11.9. The number of amides is 1. The number of aromatic nitrogens is 2. The van der Waals surface area contributed by atoms with Gasteiger partial charge in [0.25, 0.3) is 0 Å². The molecule has 0 spiro atoms. The van der Waals surface area contributed by atoms with Gasteiger partial charge >= 0.3 is 6.09 Å². The Labute approximate surface area is 235 Å². The van der Waals surface area contributed by atoms with Crippen molar-refractivity contribution in [3.63, 3.8) is 0 Å². The predicted octanol–water partition coefficient (Wildman–Crippen LogP) is 6.98. The summed E-state index contributed by atoms with van der Waals surface area (Å²) in [6.45, 7) is 13.8. The van der Waals surface area contributed by atoms with Crippen LogP contribution < -0.4 is 4.72 Å². The molecule has 1 fully saturated rings. The maximum Gasteiger partial charge on any atom is 0.410 e. The van der Waals surface area contributed by atoms with Crippen molar-refractivity contribution in [2.24, 2.45) is 0 Å². The zero-order valence-corrected chi connectivity index (χ0v) is 24.3. The van der Waals surface area contributed by atoms with Crippen LogP contribution in [0.2, 0.25) is 5.15 Å². The van der Waals surface area contributed by atoms with Gasteiger partial charge in [0.2, 0.25) is 5.95 Å². The van der Waals surface area contributed by atoms with Crippen LogP contribution in [-0.4, -0.2) is 57.6 Å². The monoisotopic (exact) mass is 553 g/mol. The molecule has 1 aromatic heterocycles. The van der Waals surface area contributed by atoms with E-state index in [9.17, 15) is 4.79 Å². The van der Waals surface area contributed by atoms with Crippen molar-refractivity contribution in [1.29, 1.82) is 0 Å². The van der Waals surface area contributed by atoms with Gasteiger partial charge in [-0.2, -0.15) is 0 Å². The number of ether oxygens (including phenoxy) is 1. The molecule has 202 valence electrons. The minimum absolute atomic E-state index is 0.229. The fourth-order valence-corrected chi connectivity index (χ4v) is 5.36. The second kappa shape index (κ2) is 12.4. The van der Waals surface area contributed by atoms with Gasteiger partial charge in [-0.25, -0.2) is 14.8 Å². The van der Waals surface area contributed by atoms with Crippen LogP contribution in [0.5, 0.6) is 0 Å². The van der Waals surface area contributed by atoms with Gasteiger partial charge in [-0.05, 0) is 81.8 Å². The highest BCUT2D eigenvalue weighted by molar-refractivity contribution is 8.00. The Kier molecular flexibility index (Phi) is 9.18. The Morgan fingerprint density at radius 1 is 1.03 bits per heavy atom. The second-order valence-electron chi connectivity index (χ2n) is 10.6. The third kappa shape index (κ3) is 7.85. The van der Waals surface area contributed by atoms with Crippen LogP contribution in [0.1, 0.15) is 43.9 Å². The highest BCUT2D eigenvalue weighted by Crippen LogP contribution is 2.29. The number of aryl methyl sites for hydroxylation is 2. The maximum atomic E-state index is 12.5. The number of hydrogen-bond acceptors (Lipinski definition) is 7. The molecular weight excluding hydrogens is 518 g/mol. The van der Waals surface area contributed by atoms with Gasteiger partial charge in [-0.3, -0.25) is 9.62 Å². The summed E-state index contributed by atoms with van der Waals surface area (Å²) in [4.78, 5) is 26.9. The molecule has 1 aliphatic rings. The molecule has 1 saturated heterocycles.